The molecule has 0 bridgehead atoms. The van der Waals surface area contributed by atoms with Crippen molar-refractivity contribution in [2.75, 3.05) is 13.1 Å². The zero-order valence-electron chi connectivity index (χ0n) is 15.0. The number of nitro groups is 1. The molecule has 1 aromatic heterocycles. The number of rotatable bonds is 6. The van der Waals surface area contributed by atoms with Gasteiger partial charge in [0.25, 0.3) is 0 Å². The van der Waals surface area contributed by atoms with Crippen molar-refractivity contribution >= 4 is 17.6 Å². The molecule has 1 aromatic rings. The van der Waals surface area contributed by atoms with Crippen molar-refractivity contribution in [3.63, 3.8) is 0 Å². The second kappa shape index (κ2) is 6.81. The van der Waals surface area contributed by atoms with Crippen LogP contribution >= 0.6 is 0 Å². The quantitative estimate of drug-likeness (QED) is 0.615. The Kier molecular flexibility index (Phi) is 5.15. The summed E-state index contributed by atoms with van der Waals surface area (Å²) in [6.07, 6.45) is 0.573. The van der Waals surface area contributed by atoms with E-state index in [0.29, 0.717) is 24.4 Å². The van der Waals surface area contributed by atoms with Gasteiger partial charge in [0.05, 0.1) is 16.9 Å². The fraction of sp³-hybridized carbons (Fsp3) is 0.688. The van der Waals surface area contributed by atoms with Crippen LogP contribution in [0, 0.1) is 35.3 Å². The maximum atomic E-state index is 12.4. The molecule has 1 amide bonds. The third kappa shape index (κ3) is 3.35. The normalized spacial score (nSPS) is 20.3. The first kappa shape index (κ1) is 18.9. The van der Waals surface area contributed by atoms with Gasteiger partial charge in [-0.15, -0.1) is 0 Å². The summed E-state index contributed by atoms with van der Waals surface area (Å²) >= 11 is 0. The number of likely N-dealkylation sites (tertiary alicyclic amines) is 1. The number of carbonyl (C=O) groups is 2. The first-order valence-corrected chi connectivity index (χ1v) is 8.29. The molecule has 1 aliphatic rings. The molecule has 1 aliphatic heterocycles. The number of aryl methyl sites for hydroxylation is 2. The molecular formula is C16H24N4O5. The monoisotopic (exact) mass is 352 g/mol. The van der Waals surface area contributed by atoms with Crippen LogP contribution < -0.4 is 0 Å². The molecule has 1 N–H and O–H groups in total. The molecular weight excluding hydrogens is 328 g/mol. The summed E-state index contributed by atoms with van der Waals surface area (Å²) in [6, 6.07) is 0. The lowest BCUT2D eigenvalue weighted by molar-refractivity contribution is -0.386. The molecule has 0 spiro atoms. The number of carbonyl (C=O) groups excluding carboxylic acids is 1. The minimum Gasteiger partial charge on any atom is -0.481 e. The lowest BCUT2D eigenvalue weighted by atomic mass is 9.76. The number of carboxylic acid groups (broad SMARTS) is 1. The van der Waals surface area contributed by atoms with Gasteiger partial charge in [0.15, 0.2) is 0 Å². The minimum absolute atomic E-state index is 0.0293. The first-order chi connectivity index (χ1) is 11.6. The van der Waals surface area contributed by atoms with Gasteiger partial charge in [-0.3, -0.25) is 24.4 Å². The van der Waals surface area contributed by atoms with Crippen LogP contribution in [-0.4, -0.2) is 49.7 Å². The Hall–Kier alpha value is -2.45. The van der Waals surface area contributed by atoms with Gasteiger partial charge in [-0.1, -0.05) is 13.8 Å². The second-order valence-electron chi connectivity index (χ2n) is 6.93. The standard InChI is InChI=1S/C16H24N4O5/c1-10(2)16(15(22)23)6-8-18(9-16)13(21)5-7-19-12(4)14(20(24)25)11(3)17-19/h10H,5-9H2,1-4H3,(H,22,23). The van der Waals surface area contributed by atoms with Crippen LogP contribution in [-0.2, 0) is 16.1 Å². The van der Waals surface area contributed by atoms with E-state index in [9.17, 15) is 24.8 Å². The molecule has 1 fully saturated rings. The molecule has 9 heteroatoms. The van der Waals surface area contributed by atoms with Gasteiger partial charge in [-0.25, -0.2) is 0 Å². The molecule has 1 unspecified atom stereocenters. The zero-order chi connectivity index (χ0) is 18.9. The van der Waals surface area contributed by atoms with Gasteiger partial charge >= 0.3 is 11.7 Å². The Morgan fingerprint density at radius 2 is 2.04 bits per heavy atom. The Morgan fingerprint density at radius 1 is 1.40 bits per heavy atom. The summed E-state index contributed by atoms with van der Waals surface area (Å²) in [4.78, 5) is 36.2. The third-order valence-electron chi connectivity index (χ3n) is 5.25. The van der Waals surface area contributed by atoms with E-state index >= 15 is 0 Å². The van der Waals surface area contributed by atoms with Crippen molar-refractivity contribution < 1.29 is 19.6 Å². The number of carboxylic acids is 1. The lowest BCUT2D eigenvalue weighted by Crippen LogP contribution is -2.40. The van der Waals surface area contributed by atoms with Gasteiger partial charge < -0.3 is 10.0 Å². The molecule has 138 valence electrons. The van der Waals surface area contributed by atoms with E-state index < -0.39 is 16.3 Å². The largest absolute Gasteiger partial charge is 0.481 e. The Labute approximate surface area is 145 Å². The average Bonchev–Trinajstić information content (AvgIpc) is 3.07. The SMILES string of the molecule is Cc1nn(CCC(=O)N2CCC(C(=O)O)(C(C)C)C2)c(C)c1[N+](=O)[O-]. The molecule has 2 heterocycles. The number of hydrogen-bond acceptors (Lipinski definition) is 5. The van der Waals surface area contributed by atoms with Crippen molar-refractivity contribution in [1.82, 2.24) is 14.7 Å². The predicted molar refractivity (Wildman–Crippen MR) is 89.1 cm³/mol. The zero-order valence-corrected chi connectivity index (χ0v) is 15.0. The van der Waals surface area contributed by atoms with Gasteiger partial charge in [0.1, 0.15) is 11.4 Å². The van der Waals surface area contributed by atoms with E-state index in [-0.39, 0.29) is 37.0 Å². The van der Waals surface area contributed by atoms with Gasteiger partial charge in [-0.2, -0.15) is 5.10 Å². The van der Waals surface area contributed by atoms with E-state index in [1.165, 1.54) is 4.68 Å². The summed E-state index contributed by atoms with van der Waals surface area (Å²) in [7, 11) is 0. The highest BCUT2D eigenvalue weighted by atomic mass is 16.6. The molecule has 1 saturated heterocycles. The highest BCUT2D eigenvalue weighted by molar-refractivity contribution is 5.80. The maximum Gasteiger partial charge on any atom is 0.312 e. The van der Waals surface area contributed by atoms with E-state index in [1.807, 2.05) is 13.8 Å². The number of hydrogen-bond donors (Lipinski definition) is 1. The molecule has 2 rings (SSSR count). The van der Waals surface area contributed by atoms with Crippen molar-refractivity contribution in [3.8, 4) is 0 Å². The molecule has 0 saturated carbocycles. The predicted octanol–water partition coefficient (Wildman–Crippen LogP) is 1.76. The molecule has 0 aromatic carbocycles. The number of aromatic nitrogens is 2. The first-order valence-electron chi connectivity index (χ1n) is 8.29. The van der Waals surface area contributed by atoms with E-state index in [1.54, 1.807) is 18.7 Å². The minimum atomic E-state index is -0.896. The van der Waals surface area contributed by atoms with Crippen molar-refractivity contribution in [3.05, 3.63) is 21.5 Å². The van der Waals surface area contributed by atoms with E-state index in [4.69, 9.17) is 0 Å². The summed E-state index contributed by atoms with van der Waals surface area (Å²) < 4.78 is 1.47. The fourth-order valence-electron chi connectivity index (χ4n) is 3.47. The summed E-state index contributed by atoms with van der Waals surface area (Å²) in [6.45, 7) is 7.74. The fourth-order valence-corrected chi connectivity index (χ4v) is 3.47. The summed E-state index contributed by atoms with van der Waals surface area (Å²) in [5.41, 5.74) is -0.190. The van der Waals surface area contributed by atoms with Crippen LogP contribution in [0.1, 0.15) is 38.1 Å². The highest BCUT2D eigenvalue weighted by Crippen LogP contribution is 2.38. The highest BCUT2D eigenvalue weighted by Gasteiger charge is 2.48. The van der Waals surface area contributed by atoms with E-state index in [2.05, 4.69) is 5.10 Å². The van der Waals surface area contributed by atoms with Crippen LogP contribution in [0.2, 0.25) is 0 Å². The topological polar surface area (TPSA) is 119 Å². The van der Waals surface area contributed by atoms with Gasteiger partial charge in [0.2, 0.25) is 5.91 Å². The van der Waals surface area contributed by atoms with Gasteiger partial charge in [-0.05, 0) is 26.2 Å². The lowest BCUT2D eigenvalue weighted by Gasteiger charge is -2.28. The summed E-state index contributed by atoms with van der Waals surface area (Å²) in [5, 5.41) is 24.7. The van der Waals surface area contributed by atoms with Crippen LogP contribution in [0.25, 0.3) is 0 Å². The van der Waals surface area contributed by atoms with Crippen molar-refractivity contribution in [2.45, 2.75) is 47.1 Å². The maximum absolute atomic E-state index is 12.4. The van der Waals surface area contributed by atoms with Crippen molar-refractivity contribution in [1.29, 1.82) is 0 Å². The van der Waals surface area contributed by atoms with Crippen LogP contribution in [0.15, 0.2) is 0 Å². The van der Waals surface area contributed by atoms with Crippen LogP contribution in [0.3, 0.4) is 0 Å². The second-order valence-corrected chi connectivity index (χ2v) is 6.93. The molecule has 25 heavy (non-hydrogen) atoms. The van der Waals surface area contributed by atoms with E-state index in [0.717, 1.165) is 0 Å². The average molecular weight is 352 g/mol. The van der Waals surface area contributed by atoms with Crippen molar-refractivity contribution in [2.24, 2.45) is 11.3 Å². The Morgan fingerprint density at radius 3 is 2.48 bits per heavy atom. The van der Waals surface area contributed by atoms with Crippen LogP contribution in [0.4, 0.5) is 5.69 Å². The Balaban J connectivity index is 2.04. The Bertz CT molecular complexity index is 712. The molecule has 0 radical (unpaired) electrons. The number of nitrogens with zero attached hydrogens (tertiary/aromatic N) is 4. The smallest absolute Gasteiger partial charge is 0.312 e. The molecule has 9 nitrogen and oxygen atoms in total. The van der Waals surface area contributed by atoms with Crippen LogP contribution in [0.5, 0.6) is 0 Å². The molecule has 1 atom stereocenters. The third-order valence-corrected chi connectivity index (χ3v) is 5.25. The summed E-state index contributed by atoms with van der Waals surface area (Å²) in [5.74, 6) is -1.09. The van der Waals surface area contributed by atoms with Gasteiger partial charge in [0, 0.05) is 19.5 Å². The number of amides is 1. The number of aliphatic carboxylic acids is 1. The molecule has 0 aliphatic carbocycles.